The first-order valence-electron chi connectivity index (χ1n) is 5.89. The number of nitro groups is 1. The average Bonchev–Trinajstić information content (AvgIpc) is 2.37. The highest BCUT2D eigenvalue weighted by Crippen LogP contribution is 2.25. The van der Waals surface area contributed by atoms with Crippen LogP contribution in [-0.2, 0) is 0 Å². The Morgan fingerprint density at radius 3 is 2.72 bits per heavy atom. The van der Waals surface area contributed by atoms with Crippen molar-refractivity contribution < 1.29 is 4.92 Å². The predicted molar refractivity (Wildman–Crippen MR) is 70.5 cm³/mol. The highest BCUT2D eigenvalue weighted by molar-refractivity contribution is 5.60. The van der Waals surface area contributed by atoms with Gasteiger partial charge >= 0.3 is 0 Å². The van der Waals surface area contributed by atoms with Crippen LogP contribution in [0.1, 0.15) is 25.8 Å². The lowest BCUT2D eigenvalue weighted by atomic mass is 10.1. The molecule has 1 aromatic rings. The molecular weight excluding hydrogens is 230 g/mol. The molecule has 1 rings (SSSR count). The minimum atomic E-state index is -0.515. The lowest BCUT2D eigenvalue weighted by Gasteiger charge is -2.22. The molecule has 0 spiro atoms. The molecule has 0 N–H and O–H groups in total. The number of nitro benzene ring substituents is 1. The second kappa shape index (κ2) is 6.01. The molecule has 0 radical (unpaired) electrons. The third kappa shape index (κ3) is 3.20. The molecule has 0 heterocycles. The molecule has 1 atom stereocenters. The Bertz CT molecular complexity index is 480. The molecule has 0 aliphatic heterocycles. The van der Waals surface area contributed by atoms with Gasteiger partial charge in [-0.05, 0) is 18.1 Å². The molecule has 1 unspecified atom stereocenters. The van der Waals surface area contributed by atoms with Crippen LogP contribution >= 0.6 is 0 Å². The second-order valence-corrected chi connectivity index (χ2v) is 4.46. The Morgan fingerprint density at radius 2 is 2.22 bits per heavy atom. The molecular formula is C13H17N3O2. The van der Waals surface area contributed by atoms with E-state index in [4.69, 9.17) is 5.26 Å². The number of anilines is 1. The zero-order chi connectivity index (χ0) is 13.7. The molecule has 0 aliphatic carbocycles. The van der Waals surface area contributed by atoms with Crippen molar-refractivity contribution in [2.24, 2.45) is 5.92 Å². The fraction of sp³-hybridized carbons (Fsp3) is 0.462. The summed E-state index contributed by atoms with van der Waals surface area (Å²) in [4.78, 5) is 12.3. The Morgan fingerprint density at radius 1 is 1.56 bits per heavy atom. The maximum absolute atomic E-state index is 10.9. The first kappa shape index (κ1) is 14.0. The van der Waals surface area contributed by atoms with Gasteiger partial charge in [0.1, 0.15) is 11.6 Å². The first-order valence-corrected chi connectivity index (χ1v) is 5.89. The minimum Gasteiger partial charge on any atom is -0.374 e. The van der Waals surface area contributed by atoms with Gasteiger partial charge in [0.05, 0.1) is 4.92 Å². The zero-order valence-electron chi connectivity index (χ0n) is 10.9. The van der Waals surface area contributed by atoms with E-state index in [2.05, 4.69) is 13.8 Å². The highest BCUT2D eigenvalue weighted by Gasteiger charge is 2.16. The smallest absolute Gasteiger partial charge is 0.289 e. The van der Waals surface area contributed by atoms with Gasteiger partial charge in [0.2, 0.25) is 0 Å². The second-order valence-electron chi connectivity index (χ2n) is 4.46. The van der Waals surface area contributed by atoms with Crippen LogP contribution in [0.3, 0.4) is 0 Å². The quantitative estimate of drug-likeness (QED) is 0.592. The summed E-state index contributed by atoms with van der Waals surface area (Å²) in [7, 11) is 1.90. The molecule has 1 aromatic carbocycles. The van der Waals surface area contributed by atoms with Crippen LogP contribution in [0.15, 0.2) is 18.2 Å². The highest BCUT2D eigenvalue weighted by atomic mass is 16.6. The van der Waals surface area contributed by atoms with E-state index in [0.29, 0.717) is 5.92 Å². The van der Waals surface area contributed by atoms with E-state index in [9.17, 15) is 10.1 Å². The molecule has 5 nitrogen and oxygen atoms in total. The van der Waals surface area contributed by atoms with Gasteiger partial charge in [0.15, 0.2) is 0 Å². The molecule has 96 valence electrons. The topological polar surface area (TPSA) is 70.2 Å². The number of hydrogen-bond acceptors (Lipinski definition) is 4. The largest absolute Gasteiger partial charge is 0.374 e. The molecule has 0 aliphatic rings. The Hall–Kier alpha value is -2.09. The lowest BCUT2D eigenvalue weighted by molar-refractivity contribution is -0.385. The first-order chi connectivity index (χ1) is 8.49. The molecule has 0 amide bonds. The number of nitrogens with zero attached hydrogens (tertiary/aromatic N) is 3. The summed E-state index contributed by atoms with van der Waals surface area (Å²) in [6.45, 7) is 5.08. The van der Waals surface area contributed by atoms with Crippen molar-refractivity contribution in [1.29, 1.82) is 5.26 Å². The Labute approximate surface area is 107 Å². The van der Waals surface area contributed by atoms with E-state index in [-0.39, 0.29) is 11.3 Å². The van der Waals surface area contributed by atoms with Crippen LogP contribution in [0, 0.1) is 27.4 Å². The Kier molecular flexibility index (Phi) is 4.67. The van der Waals surface area contributed by atoms with E-state index in [1.54, 1.807) is 6.07 Å². The number of benzene rings is 1. The van der Waals surface area contributed by atoms with E-state index >= 15 is 0 Å². The zero-order valence-corrected chi connectivity index (χ0v) is 10.9. The average molecular weight is 247 g/mol. The summed E-state index contributed by atoms with van der Waals surface area (Å²) < 4.78 is 0. The SMILES string of the molecule is CCC(C)CN(C)c1ccc(C#N)c([N+](=O)[O-])c1. The van der Waals surface area contributed by atoms with Crippen molar-refractivity contribution in [3.8, 4) is 6.07 Å². The predicted octanol–water partition coefficient (Wildman–Crippen LogP) is 2.95. The normalized spacial score (nSPS) is 11.7. The van der Waals surface area contributed by atoms with E-state index in [0.717, 1.165) is 18.7 Å². The summed E-state index contributed by atoms with van der Waals surface area (Å²) in [5.41, 5.74) is 0.729. The van der Waals surface area contributed by atoms with Crippen molar-refractivity contribution in [2.45, 2.75) is 20.3 Å². The van der Waals surface area contributed by atoms with Gasteiger partial charge < -0.3 is 4.90 Å². The molecule has 0 aromatic heterocycles. The molecule has 5 heteroatoms. The van der Waals surface area contributed by atoms with Crippen molar-refractivity contribution >= 4 is 11.4 Å². The lowest BCUT2D eigenvalue weighted by Crippen LogP contribution is -2.23. The van der Waals surface area contributed by atoms with Crippen molar-refractivity contribution in [3.63, 3.8) is 0 Å². The molecule has 0 fully saturated rings. The summed E-state index contributed by atoms with van der Waals surface area (Å²) in [6, 6.07) is 6.54. The van der Waals surface area contributed by atoms with Gasteiger partial charge in [0, 0.05) is 25.3 Å². The van der Waals surface area contributed by atoms with Gasteiger partial charge in [-0.3, -0.25) is 10.1 Å². The van der Waals surface area contributed by atoms with Gasteiger partial charge in [-0.2, -0.15) is 5.26 Å². The molecule has 18 heavy (non-hydrogen) atoms. The third-order valence-electron chi connectivity index (χ3n) is 3.02. The van der Waals surface area contributed by atoms with Crippen molar-refractivity contribution in [1.82, 2.24) is 0 Å². The van der Waals surface area contributed by atoms with Crippen LogP contribution in [-0.4, -0.2) is 18.5 Å². The van der Waals surface area contributed by atoms with E-state index in [1.165, 1.54) is 12.1 Å². The van der Waals surface area contributed by atoms with Gasteiger partial charge in [-0.15, -0.1) is 0 Å². The van der Waals surface area contributed by atoms with E-state index in [1.807, 2.05) is 18.0 Å². The number of hydrogen-bond donors (Lipinski definition) is 0. The maximum Gasteiger partial charge on any atom is 0.289 e. The molecule has 0 bridgehead atoms. The third-order valence-corrected chi connectivity index (χ3v) is 3.02. The van der Waals surface area contributed by atoms with Crippen molar-refractivity contribution in [2.75, 3.05) is 18.5 Å². The summed E-state index contributed by atoms with van der Waals surface area (Å²) in [5.74, 6) is 0.518. The summed E-state index contributed by atoms with van der Waals surface area (Å²) in [5, 5.41) is 19.7. The number of nitriles is 1. The standard InChI is InChI=1S/C13H17N3O2/c1-4-10(2)9-15(3)12-6-5-11(8-14)13(7-12)16(17)18/h5-7,10H,4,9H2,1-3H3. The summed E-state index contributed by atoms with van der Waals surface area (Å²) in [6.07, 6.45) is 1.06. The van der Waals surface area contributed by atoms with Crippen LogP contribution in [0.5, 0.6) is 0 Å². The van der Waals surface area contributed by atoms with E-state index < -0.39 is 4.92 Å². The fourth-order valence-electron chi connectivity index (χ4n) is 1.71. The minimum absolute atomic E-state index is 0.0979. The van der Waals surface area contributed by atoms with Gasteiger partial charge in [-0.25, -0.2) is 0 Å². The molecule has 0 saturated heterocycles. The maximum atomic E-state index is 10.9. The van der Waals surface area contributed by atoms with Gasteiger partial charge in [0.25, 0.3) is 5.69 Å². The van der Waals surface area contributed by atoms with Crippen LogP contribution < -0.4 is 4.90 Å². The molecule has 0 saturated carbocycles. The fourth-order valence-corrected chi connectivity index (χ4v) is 1.71. The summed E-state index contributed by atoms with van der Waals surface area (Å²) >= 11 is 0. The van der Waals surface area contributed by atoms with Crippen LogP contribution in [0.4, 0.5) is 11.4 Å². The van der Waals surface area contributed by atoms with Gasteiger partial charge in [-0.1, -0.05) is 20.3 Å². The number of rotatable bonds is 5. The van der Waals surface area contributed by atoms with Crippen molar-refractivity contribution in [3.05, 3.63) is 33.9 Å². The Balaban J connectivity index is 3.01. The monoisotopic (exact) mass is 247 g/mol. The van der Waals surface area contributed by atoms with Crippen LogP contribution in [0.25, 0.3) is 0 Å². The van der Waals surface area contributed by atoms with Crippen LogP contribution in [0.2, 0.25) is 0 Å².